The fourth-order valence-corrected chi connectivity index (χ4v) is 3.40. The molecule has 0 atom stereocenters. The standard InChI is InChI=1S/C18H21NO2/c20-16-12-11-15(18(21)14-9-5-2-6-10-14)17(19-16)13-7-3-1-4-8-13/h2,5-6,9-10,13H,1,3-4,7-8,11-12H2,(H,19,20). The number of benzene rings is 1. The number of allylic oxidation sites excluding steroid dienone is 2. The number of hydrogen-bond acceptors (Lipinski definition) is 2. The van der Waals surface area contributed by atoms with Crippen LogP contribution in [0.2, 0.25) is 0 Å². The van der Waals surface area contributed by atoms with Crippen molar-refractivity contribution in [3.63, 3.8) is 0 Å². The van der Waals surface area contributed by atoms with E-state index in [1.165, 1.54) is 19.3 Å². The Kier molecular flexibility index (Phi) is 4.18. The van der Waals surface area contributed by atoms with Crippen molar-refractivity contribution < 1.29 is 9.59 Å². The molecule has 3 nitrogen and oxygen atoms in total. The minimum absolute atomic E-state index is 0.0557. The van der Waals surface area contributed by atoms with Gasteiger partial charge in [0.25, 0.3) is 0 Å². The lowest BCUT2D eigenvalue weighted by molar-refractivity contribution is -0.120. The number of amides is 1. The Labute approximate surface area is 125 Å². The van der Waals surface area contributed by atoms with Crippen molar-refractivity contribution in [1.82, 2.24) is 5.32 Å². The van der Waals surface area contributed by atoms with Crippen LogP contribution in [0.4, 0.5) is 0 Å². The maximum atomic E-state index is 12.8. The summed E-state index contributed by atoms with van der Waals surface area (Å²) >= 11 is 0. The summed E-state index contributed by atoms with van der Waals surface area (Å²) in [7, 11) is 0. The molecule has 110 valence electrons. The lowest BCUT2D eigenvalue weighted by atomic mass is 9.81. The monoisotopic (exact) mass is 283 g/mol. The number of carbonyl (C=O) groups excluding carboxylic acids is 2. The molecule has 1 aliphatic carbocycles. The second-order valence-corrected chi connectivity index (χ2v) is 5.97. The zero-order valence-corrected chi connectivity index (χ0v) is 12.2. The molecular weight excluding hydrogens is 262 g/mol. The summed E-state index contributed by atoms with van der Waals surface area (Å²) in [6, 6.07) is 9.38. The maximum Gasteiger partial charge on any atom is 0.224 e. The molecule has 0 unspecified atom stereocenters. The van der Waals surface area contributed by atoms with Gasteiger partial charge in [-0.1, -0.05) is 49.6 Å². The highest BCUT2D eigenvalue weighted by Crippen LogP contribution is 2.33. The Morgan fingerprint density at radius 2 is 1.71 bits per heavy atom. The second kappa shape index (κ2) is 6.25. The van der Waals surface area contributed by atoms with Crippen molar-refractivity contribution >= 4 is 11.7 Å². The van der Waals surface area contributed by atoms with Gasteiger partial charge in [-0.3, -0.25) is 9.59 Å². The van der Waals surface area contributed by atoms with Crippen molar-refractivity contribution in [1.29, 1.82) is 0 Å². The van der Waals surface area contributed by atoms with Gasteiger partial charge in [0.05, 0.1) is 0 Å². The number of rotatable bonds is 3. The van der Waals surface area contributed by atoms with Gasteiger partial charge in [-0.05, 0) is 25.2 Å². The molecule has 0 radical (unpaired) electrons. The third-order valence-corrected chi connectivity index (χ3v) is 4.52. The lowest BCUT2D eigenvalue weighted by Crippen LogP contribution is -2.34. The fraction of sp³-hybridized carbons (Fsp3) is 0.444. The Morgan fingerprint density at radius 1 is 1.00 bits per heavy atom. The van der Waals surface area contributed by atoms with Crippen LogP contribution in [0.15, 0.2) is 41.6 Å². The summed E-state index contributed by atoms with van der Waals surface area (Å²) in [5, 5.41) is 3.01. The molecule has 0 aromatic heterocycles. The zero-order chi connectivity index (χ0) is 14.7. The van der Waals surface area contributed by atoms with Crippen LogP contribution in [0, 0.1) is 5.92 Å². The van der Waals surface area contributed by atoms with E-state index in [1.807, 2.05) is 30.3 Å². The van der Waals surface area contributed by atoms with Crippen LogP contribution in [0.1, 0.15) is 55.3 Å². The summed E-state index contributed by atoms with van der Waals surface area (Å²) in [6.07, 6.45) is 6.81. The minimum atomic E-state index is 0.0557. The van der Waals surface area contributed by atoms with E-state index in [0.717, 1.165) is 29.7 Å². The normalized spacial score (nSPS) is 20.3. The molecule has 0 saturated heterocycles. The SMILES string of the molecule is O=C1CCC(C(=O)c2ccccc2)=C(C2CCCCC2)N1. The number of Topliss-reactive ketones (excluding diaryl/α,β-unsaturated/α-hetero) is 1. The molecule has 21 heavy (non-hydrogen) atoms. The molecule has 1 fully saturated rings. The highest BCUT2D eigenvalue weighted by atomic mass is 16.2. The zero-order valence-electron chi connectivity index (χ0n) is 12.2. The molecule has 1 aliphatic heterocycles. The van der Waals surface area contributed by atoms with Gasteiger partial charge in [-0.15, -0.1) is 0 Å². The highest BCUT2D eigenvalue weighted by Gasteiger charge is 2.29. The van der Waals surface area contributed by atoms with Crippen molar-refractivity contribution in [3.05, 3.63) is 47.2 Å². The topological polar surface area (TPSA) is 46.2 Å². The first kappa shape index (κ1) is 14.1. The summed E-state index contributed by atoms with van der Waals surface area (Å²) in [6.45, 7) is 0. The maximum absolute atomic E-state index is 12.8. The van der Waals surface area contributed by atoms with E-state index >= 15 is 0 Å². The molecular formula is C18H21NO2. The average molecular weight is 283 g/mol. The summed E-state index contributed by atoms with van der Waals surface area (Å²) in [5.41, 5.74) is 2.46. The molecule has 1 saturated carbocycles. The molecule has 1 amide bonds. The fourth-order valence-electron chi connectivity index (χ4n) is 3.40. The number of carbonyl (C=O) groups is 2. The van der Waals surface area contributed by atoms with Crippen LogP contribution in [0.25, 0.3) is 0 Å². The Bertz CT molecular complexity index is 568. The van der Waals surface area contributed by atoms with Gasteiger partial charge in [0.1, 0.15) is 0 Å². The second-order valence-electron chi connectivity index (χ2n) is 5.97. The van der Waals surface area contributed by atoms with Gasteiger partial charge < -0.3 is 5.32 Å². The Morgan fingerprint density at radius 3 is 2.43 bits per heavy atom. The molecule has 2 aliphatic rings. The van der Waals surface area contributed by atoms with Gasteiger partial charge >= 0.3 is 0 Å². The summed E-state index contributed by atoms with van der Waals surface area (Å²) < 4.78 is 0. The van der Waals surface area contributed by atoms with Crippen LogP contribution < -0.4 is 5.32 Å². The molecule has 0 spiro atoms. The summed E-state index contributed by atoms with van der Waals surface area (Å²) in [5.74, 6) is 0.488. The van der Waals surface area contributed by atoms with Gasteiger partial charge in [0, 0.05) is 23.3 Å². The Balaban J connectivity index is 1.94. The molecule has 1 aromatic rings. The minimum Gasteiger partial charge on any atom is -0.329 e. The molecule has 1 heterocycles. The predicted octanol–water partition coefficient (Wildman–Crippen LogP) is 3.61. The van der Waals surface area contributed by atoms with Gasteiger partial charge in [0.15, 0.2) is 5.78 Å². The number of nitrogens with one attached hydrogen (secondary N) is 1. The van der Waals surface area contributed by atoms with Crippen LogP contribution in [0.3, 0.4) is 0 Å². The Hall–Kier alpha value is -1.90. The van der Waals surface area contributed by atoms with Crippen LogP contribution in [-0.2, 0) is 4.79 Å². The molecule has 3 heteroatoms. The first-order valence-electron chi connectivity index (χ1n) is 7.88. The first-order chi connectivity index (χ1) is 10.3. The largest absolute Gasteiger partial charge is 0.329 e. The van der Waals surface area contributed by atoms with E-state index in [2.05, 4.69) is 5.32 Å². The number of ketones is 1. The first-order valence-corrected chi connectivity index (χ1v) is 7.88. The van der Waals surface area contributed by atoms with E-state index in [9.17, 15) is 9.59 Å². The van der Waals surface area contributed by atoms with E-state index in [4.69, 9.17) is 0 Å². The lowest BCUT2D eigenvalue weighted by Gasteiger charge is -2.29. The molecule has 1 N–H and O–H groups in total. The number of hydrogen-bond donors (Lipinski definition) is 1. The summed E-state index contributed by atoms with van der Waals surface area (Å²) in [4.78, 5) is 24.5. The van der Waals surface area contributed by atoms with E-state index in [-0.39, 0.29) is 11.7 Å². The van der Waals surface area contributed by atoms with E-state index in [0.29, 0.717) is 18.8 Å². The molecule has 1 aromatic carbocycles. The van der Waals surface area contributed by atoms with Crippen molar-refractivity contribution in [2.75, 3.05) is 0 Å². The smallest absolute Gasteiger partial charge is 0.224 e. The van der Waals surface area contributed by atoms with Gasteiger partial charge in [-0.25, -0.2) is 0 Å². The molecule has 0 bridgehead atoms. The van der Waals surface area contributed by atoms with Crippen molar-refractivity contribution in [2.45, 2.75) is 44.9 Å². The van der Waals surface area contributed by atoms with E-state index in [1.54, 1.807) is 0 Å². The van der Waals surface area contributed by atoms with Crippen LogP contribution in [-0.4, -0.2) is 11.7 Å². The highest BCUT2D eigenvalue weighted by molar-refractivity contribution is 6.10. The van der Waals surface area contributed by atoms with Crippen molar-refractivity contribution in [3.8, 4) is 0 Å². The molecule has 3 rings (SSSR count). The quantitative estimate of drug-likeness (QED) is 0.861. The predicted molar refractivity (Wildman–Crippen MR) is 81.8 cm³/mol. The van der Waals surface area contributed by atoms with E-state index < -0.39 is 0 Å². The van der Waals surface area contributed by atoms with Crippen LogP contribution >= 0.6 is 0 Å². The third kappa shape index (κ3) is 3.07. The van der Waals surface area contributed by atoms with Gasteiger partial charge in [0.2, 0.25) is 5.91 Å². The average Bonchev–Trinajstić information content (AvgIpc) is 2.56. The van der Waals surface area contributed by atoms with Crippen molar-refractivity contribution in [2.24, 2.45) is 5.92 Å². The third-order valence-electron chi connectivity index (χ3n) is 4.52. The van der Waals surface area contributed by atoms with Gasteiger partial charge in [-0.2, -0.15) is 0 Å². The van der Waals surface area contributed by atoms with Crippen LogP contribution in [0.5, 0.6) is 0 Å².